The van der Waals surface area contributed by atoms with Crippen LogP contribution in [-0.2, 0) is 5.41 Å². The van der Waals surface area contributed by atoms with Crippen LogP contribution in [0.5, 0.6) is 5.75 Å². The highest BCUT2D eigenvalue weighted by molar-refractivity contribution is 5.94. The van der Waals surface area contributed by atoms with E-state index >= 15 is 0 Å². The minimum atomic E-state index is -4.24. The Hall–Kier alpha value is -1.52. The van der Waals surface area contributed by atoms with E-state index in [0.717, 1.165) is 5.56 Å². The van der Waals surface area contributed by atoms with Crippen LogP contribution in [0.15, 0.2) is 18.2 Å². The lowest BCUT2D eigenvalue weighted by atomic mass is 9.85. The number of halogens is 3. The summed E-state index contributed by atoms with van der Waals surface area (Å²) in [4.78, 5) is 11.5. The first kappa shape index (κ1) is 16.5. The maximum atomic E-state index is 12.1. The van der Waals surface area contributed by atoms with E-state index in [9.17, 15) is 18.0 Å². The van der Waals surface area contributed by atoms with E-state index in [0.29, 0.717) is 11.3 Å². The van der Waals surface area contributed by atoms with E-state index in [4.69, 9.17) is 4.74 Å². The fraction of sp³-hybridized carbons (Fsp3) is 0.533. The molecule has 0 heterocycles. The van der Waals surface area contributed by atoms with Crippen LogP contribution < -0.4 is 4.74 Å². The molecule has 0 unspecified atom stereocenters. The maximum Gasteiger partial charge on any atom is 0.392 e. The van der Waals surface area contributed by atoms with Gasteiger partial charge >= 0.3 is 6.18 Å². The van der Waals surface area contributed by atoms with Crippen LogP contribution >= 0.6 is 0 Å². The van der Waals surface area contributed by atoms with Gasteiger partial charge in [0.1, 0.15) is 5.75 Å². The lowest BCUT2D eigenvalue weighted by Crippen LogP contribution is -2.15. The molecule has 5 heteroatoms. The zero-order chi connectivity index (χ0) is 15.6. The molecular weight excluding hydrogens is 269 g/mol. The second kappa shape index (κ2) is 5.85. The molecule has 0 N–H and O–H groups in total. The summed E-state index contributed by atoms with van der Waals surface area (Å²) in [6.45, 7) is 6.86. The van der Waals surface area contributed by atoms with Crippen molar-refractivity contribution in [3.05, 3.63) is 29.3 Å². The second-order valence-electron chi connectivity index (χ2n) is 5.77. The highest BCUT2D eigenvalue weighted by Crippen LogP contribution is 2.28. The SMILES string of the molecule is CC(=O)c1cc(OCCC(F)(F)F)cc(C(C)(C)C)c1. The molecule has 1 aromatic carbocycles. The Kier molecular flexibility index (Phi) is 4.84. The van der Waals surface area contributed by atoms with Gasteiger partial charge in [-0.1, -0.05) is 20.8 Å². The zero-order valence-corrected chi connectivity index (χ0v) is 12.1. The van der Waals surface area contributed by atoms with Gasteiger partial charge in [-0.05, 0) is 36.1 Å². The van der Waals surface area contributed by atoms with Crippen molar-refractivity contribution in [1.82, 2.24) is 0 Å². The van der Waals surface area contributed by atoms with E-state index in [1.165, 1.54) is 13.0 Å². The standard InChI is InChI=1S/C15H19F3O2/c1-10(19)11-7-12(14(2,3)4)9-13(8-11)20-6-5-15(16,17)18/h7-9H,5-6H2,1-4H3. The molecule has 0 bridgehead atoms. The molecule has 112 valence electrons. The second-order valence-corrected chi connectivity index (χ2v) is 5.77. The van der Waals surface area contributed by atoms with Gasteiger partial charge < -0.3 is 4.74 Å². The van der Waals surface area contributed by atoms with Gasteiger partial charge in [0.2, 0.25) is 0 Å². The summed E-state index contributed by atoms with van der Waals surface area (Å²) in [6.07, 6.45) is -5.26. The number of benzene rings is 1. The topological polar surface area (TPSA) is 26.3 Å². The van der Waals surface area contributed by atoms with Gasteiger partial charge in [-0.3, -0.25) is 4.79 Å². The lowest BCUT2D eigenvalue weighted by Gasteiger charge is -2.21. The molecule has 0 aliphatic carbocycles. The first-order chi connectivity index (χ1) is 8.99. The van der Waals surface area contributed by atoms with Crippen LogP contribution in [0.2, 0.25) is 0 Å². The van der Waals surface area contributed by atoms with Crippen LogP contribution in [0, 0.1) is 0 Å². The zero-order valence-electron chi connectivity index (χ0n) is 12.1. The number of Topliss-reactive ketones (excluding diaryl/α,β-unsaturated/α-hetero) is 1. The van der Waals surface area contributed by atoms with Gasteiger partial charge in [0.25, 0.3) is 0 Å². The third-order valence-corrected chi connectivity index (χ3v) is 2.83. The highest BCUT2D eigenvalue weighted by atomic mass is 19.4. The van der Waals surface area contributed by atoms with Crippen LogP contribution in [-0.4, -0.2) is 18.6 Å². The quantitative estimate of drug-likeness (QED) is 0.761. The molecule has 0 aromatic heterocycles. The molecular formula is C15H19F3O2. The van der Waals surface area contributed by atoms with Crippen molar-refractivity contribution in [2.24, 2.45) is 0 Å². The summed E-state index contributed by atoms with van der Waals surface area (Å²) in [7, 11) is 0. The molecule has 0 aliphatic heterocycles. The Bertz CT molecular complexity index is 485. The average molecular weight is 288 g/mol. The Morgan fingerprint density at radius 3 is 2.20 bits per heavy atom. The minimum Gasteiger partial charge on any atom is -0.493 e. The monoisotopic (exact) mass is 288 g/mol. The van der Waals surface area contributed by atoms with E-state index in [2.05, 4.69) is 0 Å². The number of hydrogen-bond acceptors (Lipinski definition) is 2. The molecule has 0 radical (unpaired) electrons. The summed E-state index contributed by atoms with van der Waals surface area (Å²) in [5.74, 6) is 0.156. The van der Waals surface area contributed by atoms with Crippen molar-refractivity contribution in [1.29, 1.82) is 0 Å². The fourth-order valence-electron chi connectivity index (χ4n) is 1.60. The van der Waals surface area contributed by atoms with Crippen molar-refractivity contribution in [2.45, 2.75) is 45.7 Å². The number of carbonyl (C=O) groups excluding carboxylic acids is 1. The van der Waals surface area contributed by atoms with Crippen molar-refractivity contribution >= 4 is 5.78 Å². The van der Waals surface area contributed by atoms with Crippen molar-refractivity contribution < 1.29 is 22.7 Å². The molecule has 0 spiro atoms. The molecule has 1 aromatic rings. The summed E-state index contributed by atoms with van der Waals surface area (Å²) >= 11 is 0. The predicted molar refractivity (Wildman–Crippen MR) is 71.3 cm³/mol. The molecule has 0 saturated carbocycles. The molecule has 1 rings (SSSR count). The highest BCUT2D eigenvalue weighted by Gasteiger charge is 2.27. The summed E-state index contributed by atoms with van der Waals surface area (Å²) in [5.41, 5.74) is 1.08. The van der Waals surface area contributed by atoms with E-state index in [1.54, 1.807) is 12.1 Å². The van der Waals surface area contributed by atoms with Crippen molar-refractivity contribution in [2.75, 3.05) is 6.61 Å². The van der Waals surface area contributed by atoms with E-state index in [1.807, 2.05) is 20.8 Å². The van der Waals surface area contributed by atoms with Gasteiger partial charge in [0.15, 0.2) is 5.78 Å². The average Bonchev–Trinajstić information content (AvgIpc) is 2.25. The molecule has 0 amide bonds. The van der Waals surface area contributed by atoms with Crippen LogP contribution in [0.3, 0.4) is 0 Å². The molecule has 0 aliphatic rings. The predicted octanol–water partition coefficient (Wildman–Crippen LogP) is 4.52. The fourth-order valence-corrected chi connectivity index (χ4v) is 1.60. The first-order valence-corrected chi connectivity index (χ1v) is 6.35. The Morgan fingerprint density at radius 2 is 1.75 bits per heavy atom. The minimum absolute atomic E-state index is 0.142. The smallest absolute Gasteiger partial charge is 0.392 e. The normalized spacial score (nSPS) is 12.3. The van der Waals surface area contributed by atoms with Gasteiger partial charge in [-0.25, -0.2) is 0 Å². The Labute approximate surface area is 116 Å². The molecule has 0 saturated heterocycles. The van der Waals surface area contributed by atoms with Gasteiger partial charge in [-0.2, -0.15) is 13.2 Å². The van der Waals surface area contributed by atoms with Crippen LogP contribution in [0.25, 0.3) is 0 Å². The Morgan fingerprint density at radius 1 is 1.15 bits per heavy atom. The van der Waals surface area contributed by atoms with Crippen molar-refractivity contribution in [3.63, 3.8) is 0 Å². The van der Waals surface area contributed by atoms with E-state index < -0.39 is 19.2 Å². The summed E-state index contributed by atoms with van der Waals surface area (Å²) in [5, 5.41) is 0. The Balaban J connectivity index is 2.95. The lowest BCUT2D eigenvalue weighted by molar-refractivity contribution is -0.139. The van der Waals surface area contributed by atoms with Gasteiger partial charge in [-0.15, -0.1) is 0 Å². The number of ketones is 1. The number of carbonyl (C=O) groups is 1. The molecule has 0 fully saturated rings. The third-order valence-electron chi connectivity index (χ3n) is 2.83. The van der Waals surface area contributed by atoms with Crippen LogP contribution in [0.4, 0.5) is 13.2 Å². The maximum absolute atomic E-state index is 12.1. The summed E-state index contributed by atoms with van der Waals surface area (Å²) in [6, 6.07) is 4.91. The largest absolute Gasteiger partial charge is 0.493 e. The number of ether oxygens (including phenoxy) is 1. The van der Waals surface area contributed by atoms with E-state index in [-0.39, 0.29) is 11.2 Å². The number of rotatable bonds is 4. The van der Waals surface area contributed by atoms with Crippen molar-refractivity contribution in [3.8, 4) is 5.75 Å². The number of hydrogen-bond donors (Lipinski definition) is 0. The molecule has 20 heavy (non-hydrogen) atoms. The first-order valence-electron chi connectivity index (χ1n) is 6.35. The van der Waals surface area contributed by atoms with Crippen LogP contribution in [0.1, 0.15) is 50.0 Å². The molecule has 0 atom stereocenters. The third kappa shape index (κ3) is 5.23. The number of alkyl halides is 3. The molecule has 2 nitrogen and oxygen atoms in total. The summed E-state index contributed by atoms with van der Waals surface area (Å²) < 4.78 is 41.4. The van der Waals surface area contributed by atoms with Gasteiger partial charge in [0.05, 0.1) is 13.0 Å². The van der Waals surface area contributed by atoms with Gasteiger partial charge in [0, 0.05) is 5.56 Å².